The smallest absolute Gasteiger partial charge is 0.261 e. The maximum atomic E-state index is 13.2. The van der Waals surface area contributed by atoms with Gasteiger partial charge in [-0.3, -0.25) is 14.4 Å². The van der Waals surface area contributed by atoms with Crippen LogP contribution in [0.4, 0.5) is 0 Å². The first kappa shape index (κ1) is 19.3. The summed E-state index contributed by atoms with van der Waals surface area (Å²) in [5.41, 5.74) is 10.5. The quantitative estimate of drug-likeness (QED) is 0.811. The van der Waals surface area contributed by atoms with E-state index in [0.29, 0.717) is 17.5 Å². The fourth-order valence-electron chi connectivity index (χ4n) is 3.90. The molecule has 6 heteroatoms. The predicted octanol–water partition coefficient (Wildman–Crippen LogP) is 2.58. The van der Waals surface area contributed by atoms with Gasteiger partial charge in [0.2, 0.25) is 0 Å². The largest absolute Gasteiger partial charge is 0.402 e. The van der Waals surface area contributed by atoms with E-state index in [4.69, 9.17) is 5.73 Å². The van der Waals surface area contributed by atoms with Gasteiger partial charge < -0.3 is 10.8 Å². The van der Waals surface area contributed by atoms with Crippen molar-refractivity contribution in [1.29, 1.82) is 0 Å². The highest BCUT2D eigenvalue weighted by Gasteiger charge is 2.26. The second-order valence-electron chi connectivity index (χ2n) is 7.38. The molecule has 0 aliphatic heterocycles. The van der Waals surface area contributed by atoms with Gasteiger partial charge >= 0.3 is 0 Å². The summed E-state index contributed by atoms with van der Waals surface area (Å²) >= 11 is 0. The third-order valence-corrected chi connectivity index (χ3v) is 5.63. The van der Waals surface area contributed by atoms with Gasteiger partial charge in [-0.25, -0.2) is 4.98 Å². The Kier molecular flexibility index (Phi) is 5.75. The van der Waals surface area contributed by atoms with E-state index in [9.17, 15) is 9.90 Å². The Morgan fingerprint density at radius 1 is 1.37 bits per heavy atom. The first-order valence-electron chi connectivity index (χ1n) is 9.48. The van der Waals surface area contributed by atoms with Gasteiger partial charge in [0.05, 0.1) is 29.4 Å². The number of allylic oxidation sites excluding steroid dienone is 2. The fraction of sp³-hybridized carbons (Fsp3) is 0.476. The van der Waals surface area contributed by atoms with Crippen LogP contribution in [0.3, 0.4) is 0 Å². The van der Waals surface area contributed by atoms with Gasteiger partial charge in [-0.05, 0) is 55.5 Å². The van der Waals surface area contributed by atoms with Crippen molar-refractivity contribution in [2.24, 2.45) is 10.7 Å². The number of hydrogen-bond donors (Lipinski definition) is 2. The van der Waals surface area contributed by atoms with Crippen LogP contribution in [-0.4, -0.2) is 34.0 Å². The summed E-state index contributed by atoms with van der Waals surface area (Å²) in [4.78, 5) is 21.7. The van der Waals surface area contributed by atoms with Crippen molar-refractivity contribution in [1.82, 2.24) is 9.55 Å². The molecule has 1 saturated carbocycles. The minimum Gasteiger partial charge on any atom is -0.402 e. The van der Waals surface area contributed by atoms with E-state index in [2.05, 4.69) is 9.98 Å². The lowest BCUT2D eigenvalue weighted by Gasteiger charge is -2.29. The van der Waals surface area contributed by atoms with E-state index in [0.717, 1.165) is 47.9 Å². The summed E-state index contributed by atoms with van der Waals surface area (Å²) in [7, 11) is 1.70. The molecule has 3 N–H and O–H groups in total. The summed E-state index contributed by atoms with van der Waals surface area (Å²) in [6.45, 7) is 4.02. The Morgan fingerprint density at radius 3 is 2.81 bits per heavy atom. The van der Waals surface area contributed by atoms with Gasteiger partial charge in [0.1, 0.15) is 0 Å². The second kappa shape index (κ2) is 8.05. The maximum Gasteiger partial charge on any atom is 0.261 e. The lowest BCUT2D eigenvalue weighted by atomic mass is 9.92. The van der Waals surface area contributed by atoms with E-state index < -0.39 is 6.10 Å². The lowest BCUT2D eigenvalue weighted by molar-refractivity contribution is 0.0735. The predicted molar refractivity (Wildman–Crippen MR) is 109 cm³/mol. The van der Waals surface area contributed by atoms with Crippen molar-refractivity contribution in [3.63, 3.8) is 0 Å². The molecule has 2 atom stereocenters. The number of rotatable bonds is 4. The molecule has 27 heavy (non-hydrogen) atoms. The van der Waals surface area contributed by atoms with Crippen molar-refractivity contribution >= 4 is 17.1 Å². The Balaban J connectivity index is 2.11. The minimum absolute atomic E-state index is 0.0898. The van der Waals surface area contributed by atoms with Gasteiger partial charge in [-0.2, -0.15) is 0 Å². The molecule has 1 aromatic heterocycles. The summed E-state index contributed by atoms with van der Waals surface area (Å²) in [6, 6.07) is 1.71. The molecule has 0 radical (unpaired) electrons. The number of nitrogens with zero attached hydrogens (tertiary/aromatic N) is 3. The molecule has 0 bridgehead atoms. The molecule has 6 nitrogen and oxygen atoms in total. The SMILES string of the molecule is CN=CC=C(N)Cc1cc2c(=O)n([C@H]3CCCC[C@@H]3O)cnc2c(C)c1C. The molecule has 1 aromatic carbocycles. The first-order chi connectivity index (χ1) is 12.9. The Labute approximate surface area is 159 Å². The number of aryl methyl sites for hydroxylation is 1. The van der Waals surface area contributed by atoms with Gasteiger partial charge in [0, 0.05) is 25.4 Å². The number of aliphatic imine (C=N–C) groups is 1. The van der Waals surface area contributed by atoms with Crippen LogP contribution in [-0.2, 0) is 6.42 Å². The van der Waals surface area contributed by atoms with Crippen LogP contribution >= 0.6 is 0 Å². The number of aliphatic hydroxyl groups excluding tert-OH is 1. The van der Waals surface area contributed by atoms with Gasteiger partial charge in [0.25, 0.3) is 5.56 Å². The number of nitrogens with two attached hydrogens (primary N) is 1. The van der Waals surface area contributed by atoms with E-state index in [1.165, 1.54) is 0 Å². The highest BCUT2D eigenvalue weighted by Crippen LogP contribution is 2.29. The average Bonchev–Trinajstić information content (AvgIpc) is 2.66. The highest BCUT2D eigenvalue weighted by molar-refractivity contribution is 5.83. The van der Waals surface area contributed by atoms with Crippen LogP contribution in [0.25, 0.3) is 10.9 Å². The topological polar surface area (TPSA) is 93.5 Å². The zero-order chi connectivity index (χ0) is 19.6. The van der Waals surface area contributed by atoms with Crippen LogP contribution < -0.4 is 11.3 Å². The molecule has 1 heterocycles. The lowest BCUT2D eigenvalue weighted by Crippen LogP contribution is -2.34. The van der Waals surface area contributed by atoms with Gasteiger partial charge in [-0.15, -0.1) is 0 Å². The van der Waals surface area contributed by atoms with Crippen molar-refractivity contribution in [3.05, 3.63) is 51.2 Å². The average molecular weight is 368 g/mol. The van der Waals surface area contributed by atoms with Crippen LogP contribution in [0.1, 0.15) is 48.4 Å². The molecular weight excluding hydrogens is 340 g/mol. The van der Waals surface area contributed by atoms with Gasteiger partial charge in [-0.1, -0.05) is 12.8 Å². The monoisotopic (exact) mass is 368 g/mol. The second-order valence-corrected chi connectivity index (χ2v) is 7.38. The molecule has 3 rings (SSSR count). The normalized spacial score (nSPS) is 21.3. The standard InChI is InChI=1S/C21H28N4O2/c1-13-14(2)20-17(11-15(13)10-16(22)8-9-23-3)21(27)25(12-24-20)18-6-4-5-7-19(18)26/h8-9,11-12,18-19,26H,4-7,10,22H2,1-3H3/t18-,19-/m0/s1. The summed E-state index contributed by atoms with van der Waals surface area (Å²) in [6.07, 6.45) is 8.65. The number of aliphatic hydroxyl groups is 1. The summed E-state index contributed by atoms with van der Waals surface area (Å²) in [5, 5.41) is 10.9. The number of fused-ring (bicyclic) bond motifs is 1. The van der Waals surface area contributed by atoms with Crippen LogP contribution in [0.15, 0.2) is 34.0 Å². The van der Waals surface area contributed by atoms with Crippen LogP contribution in [0.5, 0.6) is 0 Å². The Hall–Kier alpha value is -2.47. The van der Waals surface area contributed by atoms with Crippen molar-refractivity contribution in [3.8, 4) is 0 Å². The molecular formula is C21H28N4O2. The van der Waals surface area contributed by atoms with Crippen LogP contribution in [0, 0.1) is 13.8 Å². The number of hydrogen-bond acceptors (Lipinski definition) is 5. The molecule has 0 spiro atoms. The van der Waals surface area contributed by atoms with E-state index in [1.807, 2.05) is 19.9 Å². The maximum absolute atomic E-state index is 13.2. The Bertz CT molecular complexity index is 959. The fourth-order valence-corrected chi connectivity index (χ4v) is 3.90. The van der Waals surface area contributed by atoms with Gasteiger partial charge in [0.15, 0.2) is 0 Å². The van der Waals surface area contributed by atoms with Crippen molar-refractivity contribution in [2.45, 2.75) is 58.1 Å². The summed E-state index contributed by atoms with van der Waals surface area (Å²) < 4.78 is 1.62. The molecule has 2 aromatic rings. The number of benzene rings is 1. The minimum atomic E-state index is -0.492. The molecule has 1 fully saturated rings. The van der Waals surface area contributed by atoms with E-state index >= 15 is 0 Å². The molecule has 1 aliphatic carbocycles. The zero-order valence-electron chi connectivity index (χ0n) is 16.3. The molecule has 1 aliphatic rings. The Morgan fingerprint density at radius 2 is 2.11 bits per heavy atom. The number of aromatic nitrogens is 2. The molecule has 0 amide bonds. The molecule has 0 unspecified atom stereocenters. The van der Waals surface area contributed by atoms with Crippen molar-refractivity contribution < 1.29 is 5.11 Å². The molecule has 144 valence electrons. The van der Waals surface area contributed by atoms with E-state index in [-0.39, 0.29) is 11.6 Å². The zero-order valence-corrected chi connectivity index (χ0v) is 16.3. The summed E-state index contributed by atoms with van der Waals surface area (Å²) in [5.74, 6) is 0. The third kappa shape index (κ3) is 3.81. The van der Waals surface area contributed by atoms with Crippen LogP contribution in [0.2, 0.25) is 0 Å². The van der Waals surface area contributed by atoms with Crippen molar-refractivity contribution in [2.75, 3.05) is 7.05 Å². The highest BCUT2D eigenvalue weighted by atomic mass is 16.3. The first-order valence-corrected chi connectivity index (χ1v) is 9.48. The third-order valence-electron chi connectivity index (χ3n) is 5.63. The molecule has 0 saturated heterocycles. The van der Waals surface area contributed by atoms with E-state index in [1.54, 1.807) is 30.2 Å².